The molecule has 6 nitrogen and oxygen atoms in total. The van der Waals surface area contributed by atoms with Gasteiger partial charge in [0.2, 0.25) is 0 Å². The lowest BCUT2D eigenvalue weighted by atomic mass is 10.1. The Balaban J connectivity index is 1.77. The van der Waals surface area contributed by atoms with Gasteiger partial charge in [-0.05, 0) is 44.9 Å². The van der Waals surface area contributed by atoms with Gasteiger partial charge in [0.05, 0.1) is 22.8 Å². The number of carbonyl (C=O) groups is 1. The Bertz CT molecular complexity index is 1080. The van der Waals surface area contributed by atoms with E-state index in [1.165, 1.54) is 4.68 Å². The van der Waals surface area contributed by atoms with Gasteiger partial charge in [0.1, 0.15) is 0 Å². The Morgan fingerprint density at radius 1 is 1.00 bits per heavy atom. The molecule has 0 atom stereocenters. The topological polar surface area (TPSA) is 67.2 Å². The summed E-state index contributed by atoms with van der Waals surface area (Å²) < 4.78 is 1.38. The van der Waals surface area contributed by atoms with Crippen molar-refractivity contribution in [3.05, 3.63) is 64.6 Å². The van der Waals surface area contributed by atoms with Crippen LogP contribution in [0.15, 0.2) is 53.3 Å². The van der Waals surface area contributed by atoms with Crippen LogP contribution < -0.4 is 15.8 Å². The van der Waals surface area contributed by atoms with Gasteiger partial charge in [-0.3, -0.25) is 9.59 Å². The maximum absolute atomic E-state index is 13.2. The lowest BCUT2D eigenvalue weighted by Gasteiger charge is -2.21. The van der Waals surface area contributed by atoms with Crippen LogP contribution in [0.1, 0.15) is 43.2 Å². The first-order chi connectivity index (χ1) is 13.6. The van der Waals surface area contributed by atoms with Gasteiger partial charge in [-0.15, -0.1) is 0 Å². The summed E-state index contributed by atoms with van der Waals surface area (Å²) in [5.41, 5.74) is 1.87. The number of fused-ring (bicyclic) bond motifs is 1. The van der Waals surface area contributed by atoms with Crippen LogP contribution in [0.3, 0.4) is 0 Å². The van der Waals surface area contributed by atoms with Crippen molar-refractivity contribution in [1.29, 1.82) is 0 Å². The molecule has 1 saturated heterocycles. The lowest BCUT2D eigenvalue weighted by molar-refractivity contribution is 0.102. The van der Waals surface area contributed by atoms with Crippen LogP contribution in [0.25, 0.3) is 10.8 Å². The molecule has 1 aliphatic heterocycles. The average Bonchev–Trinajstić information content (AvgIpc) is 3.23. The van der Waals surface area contributed by atoms with Crippen LogP contribution in [0.5, 0.6) is 0 Å². The molecule has 0 saturated carbocycles. The molecular weight excluding hydrogens is 352 g/mol. The number of hydrogen-bond acceptors (Lipinski definition) is 4. The third-order valence-corrected chi connectivity index (χ3v) is 5.13. The standard InChI is InChI=1S/C22H24N4O2/c1-15(2)26-22(28)17-10-4-3-9-16(17)20(24-26)21(27)23-18-11-5-6-12-19(18)25-13-7-8-14-25/h3-6,9-12,15H,7-8,13-14H2,1-2H3,(H,23,27). The van der Waals surface area contributed by atoms with Crippen LogP contribution >= 0.6 is 0 Å². The van der Waals surface area contributed by atoms with Crippen molar-refractivity contribution in [2.45, 2.75) is 32.7 Å². The van der Waals surface area contributed by atoms with E-state index in [9.17, 15) is 9.59 Å². The molecule has 144 valence electrons. The Labute approximate surface area is 163 Å². The fourth-order valence-electron chi connectivity index (χ4n) is 3.72. The van der Waals surface area contributed by atoms with E-state index in [-0.39, 0.29) is 23.2 Å². The SMILES string of the molecule is CC(C)n1nc(C(=O)Nc2ccccc2N2CCCC2)c2ccccc2c1=O. The third-order valence-electron chi connectivity index (χ3n) is 5.13. The molecule has 2 heterocycles. The van der Waals surface area contributed by atoms with E-state index in [4.69, 9.17) is 0 Å². The zero-order valence-corrected chi connectivity index (χ0v) is 16.2. The van der Waals surface area contributed by atoms with Gasteiger partial charge in [-0.25, -0.2) is 4.68 Å². The summed E-state index contributed by atoms with van der Waals surface area (Å²) in [7, 11) is 0. The maximum atomic E-state index is 13.2. The Hall–Kier alpha value is -3.15. The van der Waals surface area contributed by atoms with E-state index in [0.29, 0.717) is 10.8 Å². The fourth-order valence-corrected chi connectivity index (χ4v) is 3.72. The van der Waals surface area contributed by atoms with Gasteiger partial charge < -0.3 is 10.2 Å². The van der Waals surface area contributed by atoms with E-state index in [0.717, 1.165) is 37.3 Å². The van der Waals surface area contributed by atoms with Gasteiger partial charge in [0.25, 0.3) is 11.5 Å². The number of aromatic nitrogens is 2. The Kier molecular flexibility index (Phi) is 4.86. The fraction of sp³-hybridized carbons (Fsp3) is 0.318. The highest BCUT2D eigenvalue weighted by Crippen LogP contribution is 2.29. The number of amides is 1. The molecule has 1 fully saturated rings. The second-order valence-electron chi connectivity index (χ2n) is 7.40. The lowest BCUT2D eigenvalue weighted by Crippen LogP contribution is -2.29. The van der Waals surface area contributed by atoms with Gasteiger partial charge in [0.15, 0.2) is 5.69 Å². The van der Waals surface area contributed by atoms with E-state index in [2.05, 4.69) is 15.3 Å². The van der Waals surface area contributed by atoms with Crippen LogP contribution in [0.2, 0.25) is 0 Å². The largest absolute Gasteiger partial charge is 0.370 e. The monoisotopic (exact) mass is 376 g/mol. The average molecular weight is 376 g/mol. The molecule has 4 rings (SSSR count). The second-order valence-corrected chi connectivity index (χ2v) is 7.40. The van der Waals surface area contributed by atoms with Gasteiger partial charge in [-0.2, -0.15) is 5.10 Å². The first kappa shape index (κ1) is 18.2. The maximum Gasteiger partial charge on any atom is 0.276 e. The van der Waals surface area contributed by atoms with Crippen LogP contribution in [-0.4, -0.2) is 28.8 Å². The number of benzene rings is 2. The smallest absolute Gasteiger partial charge is 0.276 e. The summed E-state index contributed by atoms with van der Waals surface area (Å²) >= 11 is 0. The number of nitrogens with one attached hydrogen (secondary N) is 1. The van der Waals surface area contributed by atoms with E-state index >= 15 is 0 Å². The second kappa shape index (κ2) is 7.46. The van der Waals surface area contributed by atoms with Crippen LogP contribution in [0.4, 0.5) is 11.4 Å². The van der Waals surface area contributed by atoms with Crippen molar-refractivity contribution in [3.8, 4) is 0 Å². The van der Waals surface area contributed by atoms with Crippen LogP contribution in [0, 0.1) is 0 Å². The summed E-state index contributed by atoms with van der Waals surface area (Å²) in [4.78, 5) is 28.2. The number of hydrogen-bond donors (Lipinski definition) is 1. The zero-order valence-electron chi connectivity index (χ0n) is 16.2. The number of nitrogens with zero attached hydrogens (tertiary/aromatic N) is 3. The molecule has 0 radical (unpaired) electrons. The molecule has 28 heavy (non-hydrogen) atoms. The quantitative estimate of drug-likeness (QED) is 0.751. The predicted octanol–water partition coefficient (Wildman–Crippen LogP) is 3.83. The molecular formula is C22H24N4O2. The summed E-state index contributed by atoms with van der Waals surface area (Å²) in [5, 5.41) is 8.50. The highest BCUT2D eigenvalue weighted by molar-refractivity contribution is 6.12. The molecule has 6 heteroatoms. The van der Waals surface area contributed by atoms with E-state index < -0.39 is 0 Å². The number of rotatable bonds is 4. The van der Waals surface area contributed by atoms with Gasteiger partial charge >= 0.3 is 0 Å². The molecule has 0 bridgehead atoms. The van der Waals surface area contributed by atoms with Crippen molar-refractivity contribution >= 4 is 28.1 Å². The minimum Gasteiger partial charge on any atom is -0.370 e. The Morgan fingerprint density at radius 3 is 2.36 bits per heavy atom. The predicted molar refractivity (Wildman–Crippen MR) is 112 cm³/mol. The zero-order chi connectivity index (χ0) is 19.7. The number of carbonyl (C=O) groups excluding carboxylic acids is 1. The molecule has 1 aliphatic rings. The molecule has 1 aromatic heterocycles. The molecule has 1 N–H and O–H groups in total. The highest BCUT2D eigenvalue weighted by atomic mass is 16.2. The molecule has 2 aromatic carbocycles. The van der Waals surface area contributed by atoms with Crippen molar-refractivity contribution < 1.29 is 4.79 Å². The minimum absolute atomic E-state index is 0.138. The molecule has 0 aliphatic carbocycles. The summed E-state index contributed by atoms with van der Waals surface area (Å²) in [6.45, 7) is 5.75. The number of anilines is 2. The van der Waals surface area contributed by atoms with Crippen molar-refractivity contribution in [3.63, 3.8) is 0 Å². The summed E-state index contributed by atoms with van der Waals surface area (Å²) in [6, 6.07) is 14.8. The summed E-state index contributed by atoms with van der Waals surface area (Å²) in [6.07, 6.45) is 2.32. The van der Waals surface area contributed by atoms with Crippen LogP contribution in [-0.2, 0) is 0 Å². The van der Waals surface area contributed by atoms with Crippen molar-refractivity contribution in [1.82, 2.24) is 9.78 Å². The molecule has 3 aromatic rings. The summed E-state index contributed by atoms with van der Waals surface area (Å²) in [5.74, 6) is -0.308. The van der Waals surface area contributed by atoms with Gasteiger partial charge in [0, 0.05) is 18.5 Å². The molecule has 1 amide bonds. The first-order valence-corrected chi connectivity index (χ1v) is 9.73. The number of para-hydroxylation sites is 2. The van der Waals surface area contributed by atoms with E-state index in [1.54, 1.807) is 18.2 Å². The van der Waals surface area contributed by atoms with E-state index in [1.807, 2.05) is 44.2 Å². The van der Waals surface area contributed by atoms with Crippen molar-refractivity contribution in [2.75, 3.05) is 23.3 Å². The molecule has 0 unspecified atom stereocenters. The highest BCUT2D eigenvalue weighted by Gasteiger charge is 2.21. The van der Waals surface area contributed by atoms with Crippen molar-refractivity contribution in [2.24, 2.45) is 0 Å². The Morgan fingerprint density at radius 2 is 1.64 bits per heavy atom. The van der Waals surface area contributed by atoms with Gasteiger partial charge in [-0.1, -0.05) is 30.3 Å². The normalized spacial score (nSPS) is 14.0. The first-order valence-electron chi connectivity index (χ1n) is 9.73. The third kappa shape index (κ3) is 3.26. The minimum atomic E-state index is -0.308. The molecule has 0 spiro atoms.